The lowest BCUT2D eigenvalue weighted by Crippen LogP contribution is -2.44. The molecule has 1 aromatic carbocycles. The minimum atomic E-state index is -2.96. The molecule has 0 saturated carbocycles. The lowest BCUT2D eigenvalue weighted by atomic mass is 9.85. The van der Waals surface area contributed by atoms with Crippen LogP contribution in [0, 0.1) is 0 Å². The van der Waals surface area contributed by atoms with Gasteiger partial charge in [-0.25, -0.2) is 0 Å². The fourth-order valence-corrected chi connectivity index (χ4v) is 3.94. The predicted octanol–water partition coefficient (Wildman–Crippen LogP) is 4.28. The van der Waals surface area contributed by atoms with Gasteiger partial charge in [0.1, 0.15) is 17.1 Å². The fourth-order valence-electron chi connectivity index (χ4n) is 3.94. The number of piperidine rings is 1. The third-order valence-corrected chi connectivity index (χ3v) is 5.12. The van der Waals surface area contributed by atoms with Crippen molar-refractivity contribution in [3.8, 4) is 5.75 Å². The Kier molecular flexibility index (Phi) is 3.07. The molecule has 23 heavy (non-hydrogen) atoms. The Bertz CT molecular complexity index is 796. The predicted molar refractivity (Wildman–Crippen MR) is 84.2 cm³/mol. The van der Waals surface area contributed by atoms with Crippen molar-refractivity contribution >= 4 is 11.0 Å². The van der Waals surface area contributed by atoms with E-state index in [0.29, 0.717) is 35.4 Å². The van der Waals surface area contributed by atoms with Crippen LogP contribution in [-0.4, -0.2) is 31.1 Å². The first-order valence-corrected chi connectivity index (χ1v) is 7.80. The van der Waals surface area contributed by atoms with Crippen LogP contribution in [0.25, 0.3) is 11.0 Å². The summed E-state index contributed by atoms with van der Waals surface area (Å²) in [4.78, 5) is 1.82. The molecule has 1 fully saturated rings. The number of methoxy groups -OCH3 is 1. The number of ether oxygens (including phenoxy) is 1. The molecule has 0 spiro atoms. The highest BCUT2D eigenvalue weighted by molar-refractivity contribution is 5.85. The largest absolute Gasteiger partial charge is 0.497 e. The molecule has 3 nitrogen and oxygen atoms in total. The maximum absolute atomic E-state index is 15.0. The first-order chi connectivity index (χ1) is 10.9. The Balaban J connectivity index is 2.00. The van der Waals surface area contributed by atoms with Crippen molar-refractivity contribution < 1.29 is 17.9 Å². The fraction of sp³-hybridized carbons (Fsp3) is 0.444. The van der Waals surface area contributed by atoms with Crippen LogP contribution in [0.15, 0.2) is 34.8 Å². The lowest BCUT2D eigenvalue weighted by Gasteiger charge is -2.38. The zero-order valence-corrected chi connectivity index (χ0v) is 13.2. The number of hydrogen-bond donors (Lipinski definition) is 0. The molecule has 122 valence electrons. The summed E-state index contributed by atoms with van der Waals surface area (Å²) in [6, 6.07) is 5.10. The number of furan rings is 1. The topological polar surface area (TPSA) is 25.6 Å². The number of hydrogen-bond acceptors (Lipinski definition) is 3. The smallest absolute Gasteiger partial charge is 0.289 e. The van der Waals surface area contributed by atoms with Crippen LogP contribution in [0.3, 0.4) is 0 Å². The summed E-state index contributed by atoms with van der Waals surface area (Å²) < 4.78 is 41.1. The third kappa shape index (κ3) is 2.10. The number of benzene rings is 1. The molecular formula is C18H19F2NO2. The van der Waals surface area contributed by atoms with Gasteiger partial charge in [-0.3, -0.25) is 4.90 Å². The number of nitrogens with zero attached hydrogens (tertiary/aromatic N) is 1. The van der Waals surface area contributed by atoms with Crippen LogP contribution in [-0.2, 0) is 5.92 Å². The molecular weight excluding hydrogens is 300 g/mol. The summed E-state index contributed by atoms with van der Waals surface area (Å²) in [7, 11) is 1.53. The first-order valence-electron chi connectivity index (χ1n) is 7.80. The Morgan fingerprint density at radius 3 is 2.91 bits per heavy atom. The van der Waals surface area contributed by atoms with E-state index in [-0.39, 0.29) is 24.1 Å². The maximum atomic E-state index is 15.0. The van der Waals surface area contributed by atoms with E-state index < -0.39 is 5.92 Å². The van der Waals surface area contributed by atoms with Gasteiger partial charge in [0.25, 0.3) is 5.92 Å². The zero-order valence-electron chi connectivity index (χ0n) is 13.2. The van der Waals surface area contributed by atoms with Gasteiger partial charge in [0, 0.05) is 23.9 Å². The van der Waals surface area contributed by atoms with Crippen molar-refractivity contribution in [2.45, 2.75) is 31.2 Å². The van der Waals surface area contributed by atoms with Gasteiger partial charge in [-0.05, 0) is 31.5 Å². The van der Waals surface area contributed by atoms with Crippen molar-refractivity contribution in [3.05, 3.63) is 41.7 Å². The normalized spacial score (nSPS) is 29.2. The van der Waals surface area contributed by atoms with E-state index in [1.807, 2.05) is 11.8 Å². The summed E-state index contributed by atoms with van der Waals surface area (Å²) in [6.45, 7) is 6.25. The van der Waals surface area contributed by atoms with E-state index in [1.165, 1.54) is 7.11 Å². The molecule has 2 aliphatic heterocycles. The maximum Gasteiger partial charge on any atom is 0.289 e. The van der Waals surface area contributed by atoms with Crippen LogP contribution in [0.1, 0.15) is 30.6 Å². The molecule has 2 aliphatic rings. The quantitative estimate of drug-likeness (QED) is 0.734. The van der Waals surface area contributed by atoms with Gasteiger partial charge in [-0.2, -0.15) is 8.78 Å². The minimum Gasteiger partial charge on any atom is -0.497 e. The number of alkyl halides is 2. The Morgan fingerprint density at radius 1 is 1.39 bits per heavy atom. The molecule has 5 heteroatoms. The Hall–Kier alpha value is -1.88. The second-order valence-electron chi connectivity index (χ2n) is 6.61. The van der Waals surface area contributed by atoms with Gasteiger partial charge in [0.2, 0.25) is 0 Å². The standard InChI is InChI=1S/C18H19F2NO2/c1-10-6-13-11(2)21(8-10)9-18(19,20)16-14-7-12(22-3)4-5-15(14)23-17(13)16/h4-5,7,11,13H,1,6,8-9H2,2-3H3. The first kappa shape index (κ1) is 14.7. The molecule has 3 heterocycles. The SMILES string of the molecule is C=C1CC2c3oc4ccc(OC)cc4c3C(F)(F)CN(C1)C2C. The van der Waals surface area contributed by atoms with E-state index in [2.05, 4.69) is 6.58 Å². The van der Waals surface area contributed by atoms with Gasteiger partial charge >= 0.3 is 0 Å². The molecule has 3 atom stereocenters. The summed E-state index contributed by atoms with van der Waals surface area (Å²) >= 11 is 0. The zero-order chi connectivity index (χ0) is 16.4. The van der Waals surface area contributed by atoms with Crippen molar-refractivity contribution in [1.82, 2.24) is 4.90 Å². The van der Waals surface area contributed by atoms with Gasteiger partial charge in [-0.1, -0.05) is 12.2 Å². The molecule has 2 bridgehead atoms. The summed E-state index contributed by atoms with van der Waals surface area (Å²) in [5.41, 5.74) is 1.50. The Labute approximate surface area is 133 Å². The van der Waals surface area contributed by atoms with E-state index in [0.717, 1.165) is 5.57 Å². The van der Waals surface area contributed by atoms with Crippen LogP contribution in [0.5, 0.6) is 5.75 Å². The van der Waals surface area contributed by atoms with Crippen LogP contribution >= 0.6 is 0 Å². The average Bonchev–Trinajstić information content (AvgIpc) is 2.87. The number of halogens is 2. The number of rotatable bonds is 1. The van der Waals surface area contributed by atoms with Gasteiger partial charge in [0.15, 0.2) is 0 Å². The molecule has 4 rings (SSSR count). The minimum absolute atomic E-state index is 0.00934. The van der Waals surface area contributed by atoms with Gasteiger partial charge in [-0.15, -0.1) is 0 Å². The lowest BCUT2D eigenvalue weighted by molar-refractivity contribution is -0.0409. The van der Waals surface area contributed by atoms with E-state index >= 15 is 8.78 Å². The molecule has 2 aromatic rings. The summed E-state index contributed by atoms with van der Waals surface area (Å²) in [5.74, 6) is -2.07. The van der Waals surface area contributed by atoms with Gasteiger partial charge in [0.05, 0.1) is 19.2 Å². The molecule has 1 aromatic heterocycles. The second-order valence-corrected chi connectivity index (χ2v) is 6.61. The van der Waals surface area contributed by atoms with E-state index in [9.17, 15) is 0 Å². The molecule has 0 aliphatic carbocycles. The molecule has 3 unspecified atom stereocenters. The number of fused-ring (bicyclic) bond motifs is 6. The molecule has 0 radical (unpaired) electrons. The highest BCUT2D eigenvalue weighted by Crippen LogP contribution is 2.49. The van der Waals surface area contributed by atoms with Crippen molar-refractivity contribution in [2.24, 2.45) is 0 Å². The van der Waals surface area contributed by atoms with E-state index in [4.69, 9.17) is 9.15 Å². The van der Waals surface area contributed by atoms with Gasteiger partial charge < -0.3 is 9.15 Å². The molecule has 1 saturated heterocycles. The van der Waals surface area contributed by atoms with Crippen molar-refractivity contribution in [2.75, 3.05) is 20.2 Å². The third-order valence-electron chi connectivity index (χ3n) is 5.12. The highest BCUT2D eigenvalue weighted by Gasteiger charge is 2.49. The molecule has 0 amide bonds. The van der Waals surface area contributed by atoms with E-state index in [1.54, 1.807) is 18.2 Å². The van der Waals surface area contributed by atoms with Crippen molar-refractivity contribution in [3.63, 3.8) is 0 Å². The molecule has 0 N–H and O–H groups in total. The average molecular weight is 319 g/mol. The second kappa shape index (κ2) is 4.81. The van der Waals surface area contributed by atoms with Crippen molar-refractivity contribution in [1.29, 1.82) is 0 Å². The van der Waals surface area contributed by atoms with Crippen LogP contribution < -0.4 is 4.74 Å². The highest BCUT2D eigenvalue weighted by atomic mass is 19.3. The van der Waals surface area contributed by atoms with Crippen LogP contribution in [0.2, 0.25) is 0 Å². The van der Waals surface area contributed by atoms with Crippen LogP contribution in [0.4, 0.5) is 8.78 Å². The Morgan fingerprint density at radius 2 is 2.17 bits per heavy atom. The summed E-state index contributed by atoms with van der Waals surface area (Å²) in [6.07, 6.45) is 0.692. The monoisotopic (exact) mass is 319 g/mol. The summed E-state index contributed by atoms with van der Waals surface area (Å²) in [5, 5.41) is 0.455.